The van der Waals surface area contributed by atoms with Crippen molar-refractivity contribution in [1.82, 2.24) is 24.6 Å². The van der Waals surface area contributed by atoms with E-state index in [2.05, 4.69) is 56.6 Å². The molecule has 3 heterocycles. The van der Waals surface area contributed by atoms with E-state index < -0.39 is 0 Å². The molecule has 150 valence electrons. The third kappa shape index (κ3) is 3.45. The molecule has 3 N–H and O–H groups in total. The smallest absolute Gasteiger partial charge is 0.163 e. The highest BCUT2D eigenvalue weighted by atomic mass is 16.5. The van der Waals surface area contributed by atoms with Crippen LogP contribution in [0.25, 0.3) is 22.4 Å². The fraction of sp³-hybridized carbons (Fsp3) is 0.500. The summed E-state index contributed by atoms with van der Waals surface area (Å²) >= 11 is 0. The molecule has 0 bridgehead atoms. The molecule has 3 aromatic rings. The monoisotopic (exact) mass is 383 g/mol. The summed E-state index contributed by atoms with van der Waals surface area (Å²) in [5.74, 6) is 2.29. The van der Waals surface area contributed by atoms with Crippen LogP contribution in [0.3, 0.4) is 0 Å². The molecule has 1 saturated heterocycles. The Bertz CT molecular complexity index is 922. The Morgan fingerprint density at radius 3 is 2.68 bits per heavy atom. The van der Waals surface area contributed by atoms with Crippen LogP contribution in [-0.4, -0.2) is 70.6 Å². The van der Waals surface area contributed by atoms with Gasteiger partial charge >= 0.3 is 0 Å². The number of para-hydroxylation sites is 2. The number of rotatable bonds is 7. The van der Waals surface area contributed by atoms with Crippen LogP contribution in [0, 0.1) is 0 Å². The van der Waals surface area contributed by atoms with Crippen LogP contribution in [0.15, 0.2) is 24.3 Å². The van der Waals surface area contributed by atoms with Gasteiger partial charge in [0, 0.05) is 26.2 Å². The van der Waals surface area contributed by atoms with Gasteiger partial charge in [-0.3, -0.25) is 5.10 Å². The highest BCUT2D eigenvalue weighted by Crippen LogP contribution is 2.35. The third-order valence-corrected chi connectivity index (χ3v) is 5.50. The number of nitrogens with two attached hydrogens (primary N) is 1. The SMILES string of the molecule is CCN(CC)CCn1c(-c2c(N3CCOCC3)n[nH]c2N)nc2ccccc21. The lowest BCUT2D eigenvalue weighted by Gasteiger charge is -2.27. The molecule has 28 heavy (non-hydrogen) atoms. The first-order chi connectivity index (χ1) is 13.7. The maximum Gasteiger partial charge on any atom is 0.163 e. The third-order valence-electron chi connectivity index (χ3n) is 5.50. The molecule has 4 rings (SSSR count). The lowest BCUT2D eigenvalue weighted by molar-refractivity contribution is 0.122. The number of aromatic nitrogens is 4. The van der Waals surface area contributed by atoms with Gasteiger partial charge in [0.1, 0.15) is 17.2 Å². The van der Waals surface area contributed by atoms with Crippen LogP contribution < -0.4 is 10.6 Å². The molecule has 8 nitrogen and oxygen atoms in total. The Morgan fingerprint density at radius 2 is 1.93 bits per heavy atom. The van der Waals surface area contributed by atoms with Gasteiger partial charge in [-0.15, -0.1) is 0 Å². The molecule has 0 unspecified atom stereocenters. The van der Waals surface area contributed by atoms with Gasteiger partial charge in [-0.1, -0.05) is 26.0 Å². The summed E-state index contributed by atoms with van der Waals surface area (Å²) in [5, 5.41) is 7.48. The number of hydrogen-bond acceptors (Lipinski definition) is 6. The zero-order valence-corrected chi connectivity index (χ0v) is 16.7. The van der Waals surface area contributed by atoms with Crippen LogP contribution in [0.5, 0.6) is 0 Å². The highest BCUT2D eigenvalue weighted by Gasteiger charge is 2.25. The quantitative estimate of drug-likeness (QED) is 0.650. The fourth-order valence-corrected chi connectivity index (χ4v) is 3.84. The molecule has 8 heteroatoms. The predicted octanol–water partition coefficient (Wildman–Crippen LogP) is 2.19. The van der Waals surface area contributed by atoms with Crippen molar-refractivity contribution in [3.63, 3.8) is 0 Å². The second kappa shape index (κ2) is 8.20. The van der Waals surface area contributed by atoms with E-state index in [1.807, 2.05) is 6.07 Å². The van der Waals surface area contributed by atoms with Crippen molar-refractivity contribution in [3.05, 3.63) is 24.3 Å². The normalized spacial score (nSPS) is 15.0. The highest BCUT2D eigenvalue weighted by molar-refractivity contribution is 5.87. The van der Waals surface area contributed by atoms with Gasteiger partial charge in [0.15, 0.2) is 5.82 Å². The van der Waals surface area contributed by atoms with E-state index in [9.17, 15) is 0 Å². The van der Waals surface area contributed by atoms with Crippen molar-refractivity contribution in [2.75, 3.05) is 56.6 Å². The minimum atomic E-state index is 0.556. The van der Waals surface area contributed by atoms with Crippen LogP contribution in [0.2, 0.25) is 0 Å². The van der Waals surface area contributed by atoms with Crippen LogP contribution in [0.4, 0.5) is 11.6 Å². The number of nitrogens with one attached hydrogen (secondary N) is 1. The number of morpholine rings is 1. The number of anilines is 2. The Morgan fingerprint density at radius 1 is 1.18 bits per heavy atom. The number of benzene rings is 1. The first-order valence-electron chi connectivity index (χ1n) is 10.1. The molecule has 0 spiro atoms. The van der Waals surface area contributed by atoms with Crippen molar-refractivity contribution in [2.24, 2.45) is 0 Å². The summed E-state index contributed by atoms with van der Waals surface area (Å²) in [6.07, 6.45) is 0. The standard InChI is InChI=1S/C20H29N7O/c1-3-25(4-2)9-10-27-16-8-6-5-7-15(16)22-19(27)17-18(21)23-24-20(17)26-11-13-28-14-12-26/h5-8H,3-4,9-14H2,1-2H3,(H3,21,23,24). The summed E-state index contributed by atoms with van der Waals surface area (Å²) in [6.45, 7) is 11.3. The van der Waals surface area contributed by atoms with Crippen molar-refractivity contribution >= 4 is 22.7 Å². The number of imidazole rings is 1. The second-order valence-electron chi connectivity index (χ2n) is 7.04. The van der Waals surface area contributed by atoms with Crippen molar-refractivity contribution in [3.8, 4) is 11.4 Å². The molecule has 0 amide bonds. The predicted molar refractivity (Wildman–Crippen MR) is 113 cm³/mol. The van der Waals surface area contributed by atoms with Gasteiger partial charge < -0.3 is 24.8 Å². The molecule has 0 radical (unpaired) electrons. The molecular formula is C20H29N7O. The summed E-state index contributed by atoms with van der Waals surface area (Å²) in [5.41, 5.74) is 9.33. The summed E-state index contributed by atoms with van der Waals surface area (Å²) in [4.78, 5) is 9.59. The fourth-order valence-electron chi connectivity index (χ4n) is 3.84. The Labute approximate surface area is 165 Å². The van der Waals surface area contributed by atoms with Crippen LogP contribution in [-0.2, 0) is 11.3 Å². The van der Waals surface area contributed by atoms with Crippen LogP contribution in [0.1, 0.15) is 13.8 Å². The largest absolute Gasteiger partial charge is 0.383 e. The first kappa shape index (κ1) is 18.8. The molecule has 1 aromatic carbocycles. The van der Waals surface area contributed by atoms with E-state index in [1.165, 1.54) is 0 Å². The van der Waals surface area contributed by atoms with E-state index in [0.29, 0.717) is 19.0 Å². The summed E-state index contributed by atoms with van der Waals surface area (Å²) < 4.78 is 7.77. The molecule has 0 aliphatic carbocycles. The minimum Gasteiger partial charge on any atom is -0.383 e. The number of ether oxygens (including phenoxy) is 1. The summed E-state index contributed by atoms with van der Waals surface area (Å²) in [7, 11) is 0. The van der Waals surface area contributed by atoms with Gasteiger partial charge in [-0.2, -0.15) is 5.10 Å². The van der Waals surface area contributed by atoms with Gasteiger partial charge in [0.05, 0.1) is 24.2 Å². The molecule has 1 fully saturated rings. The summed E-state index contributed by atoms with van der Waals surface area (Å²) in [6, 6.07) is 8.26. The number of fused-ring (bicyclic) bond motifs is 1. The number of hydrogen-bond donors (Lipinski definition) is 2. The maximum atomic E-state index is 6.34. The zero-order valence-electron chi connectivity index (χ0n) is 16.7. The Hall–Kier alpha value is -2.58. The van der Waals surface area contributed by atoms with Crippen molar-refractivity contribution in [1.29, 1.82) is 0 Å². The minimum absolute atomic E-state index is 0.556. The van der Waals surface area contributed by atoms with E-state index >= 15 is 0 Å². The average Bonchev–Trinajstić information content (AvgIpc) is 3.29. The molecular weight excluding hydrogens is 354 g/mol. The van der Waals surface area contributed by atoms with E-state index in [-0.39, 0.29) is 0 Å². The van der Waals surface area contributed by atoms with Crippen LogP contribution >= 0.6 is 0 Å². The van der Waals surface area contributed by atoms with Gasteiger partial charge in [-0.25, -0.2) is 4.98 Å². The average molecular weight is 384 g/mol. The number of likely N-dealkylation sites (N-methyl/N-ethyl adjacent to an activating group) is 1. The molecule has 0 saturated carbocycles. The van der Waals surface area contributed by atoms with Crippen molar-refractivity contribution < 1.29 is 4.74 Å². The number of nitrogens with zero attached hydrogens (tertiary/aromatic N) is 5. The molecule has 0 atom stereocenters. The van der Waals surface area contributed by atoms with Gasteiger partial charge in [-0.05, 0) is 25.2 Å². The number of nitrogen functional groups attached to an aromatic ring is 1. The zero-order chi connectivity index (χ0) is 19.5. The second-order valence-corrected chi connectivity index (χ2v) is 7.04. The topological polar surface area (TPSA) is 88.2 Å². The maximum absolute atomic E-state index is 6.34. The first-order valence-corrected chi connectivity index (χ1v) is 10.1. The molecule has 2 aromatic heterocycles. The van der Waals surface area contributed by atoms with Gasteiger partial charge in [0.25, 0.3) is 0 Å². The molecule has 1 aliphatic rings. The van der Waals surface area contributed by atoms with E-state index in [0.717, 1.165) is 67.5 Å². The molecule has 1 aliphatic heterocycles. The van der Waals surface area contributed by atoms with E-state index in [4.69, 9.17) is 15.5 Å². The number of aromatic amines is 1. The van der Waals surface area contributed by atoms with Gasteiger partial charge in [0.2, 0.25) is 0 Å². The Balaban J connectivity index is 1.78. The lowest BCUT2D eigenvalue weighted by Crippen LogP contribution is -2.36. The Kier molecular flexibility index (Phi) is 5.50. The number of H-pyrrole nitrogens is 1. The van der Waals surface area contributed by atoms with E-state index in [1.54, 1.807) is 0 Å². The van der Waals surface area contributed by atoms with Crippen molar-refractivity contribution in [2.45, 2.75) is 20.4 Å². The lowest BCUT2D eigenvalue weighted by atomic mass is 10.2.